The van der Waals surface area contributed by atoms with Crippen LogP contribution < -0.4 is 5.32 Å². The smallest absolute Gasteiger partial charge is 0.234 e. The van der Waals surface area contributed by atoms with Gasteiger partial charge in [0.25, 0.3) is 0 Å². The summed E-state index contributed by atoms with van der Waals surface area (Å²) < 4.78 is 18.2. The lowest BCUT2D eigenvalue weighted by molar-refractivity contribution is -0.122. The highest BCUT2D eigenvalue weighted by molar-refractivity contribution is 5.78. The molecule has 5 heteroatoms. The van der Waals surface area contributed by atoms with Crippen molar-refractivity contribution >= 4 is 5.91 Å². The zero-order valence-electron chi connectivity index (χ0n) is 12.7. The minimum absolute atomic E-state index is 0.0310. The highest BCUT2D eigenvalue weighted by atomic mass is 19.1. The van der Waals surface area contributed by atoms with E-state index >= 15 is 0 Å². The molecule has 0 saturated carbocycles. The van der Waals surface area contributed by atoms with Crippen LogP contribution in [0.4, 0.5) is 4.39 Å². The Bertz CT molecular complexity index is 493. The highest BCUT2D eigenvalue weighted by Gasteiger charge is 2.25. The molecular formula is C16H23FN2O2. The number of nitrogens with zero attached hydrogens (tertiary/aromatic N) is 1. The molecule has 2 rings (SSSR count). The second-order valence-corrected chi connectivity index (χ2v) is 5.44. The van der Waals surface area contributed by atoms with Gasteiger partial charge in [0.1, 0.15) is 5.82 Å². The Kier molecular flexibility index (Phi) is 5.70. The van der Waals surface area contributed by atoms with Gasteiger partial charge in [-0.25, -0.2) is 4.39 Å². The molecule has 0 unspecified atom stereocenters. The molecular weight excluding hydrogens is 271 g/mol. The Morgan fingerprint density at radius 3 is 3.10 bits per heavy atom. The second-order valence-electron chi connectivity index (χ2n) is 5.44. The Morgan fingerprint density at radius 2 is 2.33 bits per heavy atom. The van der Waals surface area contributed by atoms with E-state index in [1.54, 1.807) is 13.2 Å². The van der Waals surface area contributed by atoms with Crippen molar-refractivity contribution < 1.29 is 13.9 Å². The fraction of sp³-hybridized carbons (Fsp3) is 0.562. The number of ether oxygens (including phenoxy) is 1. The number of nitrogens with one attached hydrogen (secondary N) is 1. The van der Waals surface area contributed by atoms with Gasteiger partial charge in [-0.15, -0.1) is 0 Å². The molecule has 21 heavy (non-hydrogen) atoms. The molecule has 0 fully saturated rings. The average Bonchev–Trinajstić information content (AvgIpc) is 2.46. The predicted octanol–water partition coefficient (Wildman–Crippen LogP) is 1.90. The Balaban J connectivity index is 1.88. The number of methoxy groups -OCH3 is 1. The van der Waals surface area contributed by atoms with Gasteiger partial charge in [-0.1, -0.05) is 6.07 Å². The van der Waals surface area contributed by atoms with Gasteiger partial charge in [-0.05, 0) is 43.0 Å². The number of benzene rings is 1. The Hall–Kier alpha value is -1.46. The van der Waals surface area contributed by atoms with Crippen molar-refractivity contribution in [3.8, 4) is 0 Å². The maximum Gasteiger partial charge on any atom is 0.234 e. The molecule has 1 aromatic rings. The summed E-state index contributed by atoms with van der Waals surface area (Å²) in [5, 5.41) is 2.90. The molecule has 0 spiro atoms. The number of rotatable bonds is 6. The number of halogens is 1. The van der Waals surface area contributed by atoms with Crippen molar-refractivity contribution in [2.24, 2.45) is 0 Å². The summed E-state index contributed by atoms with van der Waals surface area (Å²) in [6.07, 6.45) is 1.61. The van der Waals surface area contributed by atoms with Crippen molar-refractivity contribution in [3.05, 3.63) is 35.1 Å². The van der Waals surface area contributed by atoms with E-state index in [0.717, 1.165) is 30.5 Å². The Morgan fingerprint density at radius 1 is 1.52 bits per heavy atom. The second kappa shape index (κ2) is 7.52. The lowest BCUT2D eigenvalue weighted by Crippen LogP contribution is -2.42. The molecule has 1 atom stereocenters. The Labute approximate surface area is 125 Å². The van der Waals surface area contributed by atoms with Crippen molar-refractivity contribution in [2.75, 3.05) is 33.4 Å². The van der Waals surface area contributed by atoms with E-state index < -0.39 is 0 Å². The van der Waals surface area contributed by atoms with Gasteiger partial charge < -0.3 is 10.1 Å². The molecule has 0 aromatic heterocycles. The lowest BCUT2D eigenvalue weighted by atomic mass is 9.93. The normalized spacial score (nSPS) is 18.3. The molecule has 116 valence electrons. The molecule has 1 N–H and O–H groups in total. The number of fused-ring (bicyclic) bond motifs is 1. The summed E-state index contributed by atoms with van der Waals surface area (Å²) >= 11 is 0. The third-order valence-electron chi connectivity index (χ3n) is 3.97. The summed E-state index contributed by atoms with van der Waals surface area (Å²) in [6.45, 7) is 4.51. The molecule has 0 radical (unpaired) electrons. The van der Waals surface area contributed by atoms with E-state index in [1.807, 2.05) is 6.07 Å². The van der Waals surface area contributed by atoms with Crippen LogP contribution in [0.15, 0.2) is 18.2 Å². The van der Waals surface area contributed by atoms with Crippen molar-refractivity contribution in [3.63, 3.8) is 0 Å². The van der Waals surface area contributed by atoms with Crippen molar-refractivity contribution in [1.29, 1.82) is 0 Å². The monoisotopic (exact) mass is 294 g/mol. The van der Waals surface area contributed by atoms with Crippen LogP contribution in [0.25, 0.3) is 0 Å². The molecule has 1 aliphatic rings. The maximum atomic E-state index is 13.2. The highest BCUT2D eigenvalue weighted by Crippen LogP contribution is 2.29. The number of amides is 1. The topological polar surface area (TPSA) is 41.6 Å². The third kappa shape index (κ3) is 4.25. The van der Waals surface area contributed by atoms with E-state index in [-0.39, 0.29) is 17.8 Å². The van der Waals surface area contributed by atoms with E-state index in [9.17, 15) is 9.18 Å². The van der Waals surface area contributed by atoms with Gasteiger partial charge in [0.15, 0.2) is 0 Å². The standard InChI is InChI=1S/C16H23FN2O2/c1-12-15-5-4-14(17)10-13(15)6-8-19(12)11-16(20)18-7-3-9-21-2/h4-5,10,12H,3,6-9,11H2,1-2H3,(H,18,20)/t12-/m1/s1. The lowest BCUT2D eigenvalue weighted by Gasteiger charge is -2.34. The first-order valence-corrected chi connectivity index (χ1v) is 7.40. The van der Waals surface area contributed by atoms with Crippen LogP contribution in [-0.2, 0) is 16.0 Å². The van der Waals surface area contributed by atoms with Crippen molar-refractivity contribution in [2.45, 2.75) is 25.8 Å². The minimum atomic E-state index is -0.190. The molecule has 0 bridgehead atoms. The summed E-state index contributed by atoms with van der Waals surface area (Å²) in [5.74, 6) is -0.159. The molecule has 4 nitrogen and oxygen atoms in total. The third-order valence-corrected chi connectivity index (χ3v) is 3.97. The van der Waals surface area contributed by atoms with Gasteiger partial charge in [0.2, 0.25) is 5.91 Å². The van der Waals surface area contributed by atoms with E-state index in [4.69, 9.17) is 4.74 Å². The zero-order valence-corrected chi connectivity index (χ0v) is 12.7. The van der Waals surface area contributed by atoms with Gasteiger partial charge in [0.05, 0.1) is 6.54 Å². The van der Waals surface area contributed by atoms with Gasteiger partial charge in [0, 0.05) is 32.8 Å². The molecule has 1 heterocycles. The first-order valence-electron chi connectivity index (χ1n) is 7.40. The summed E-state index contributed by atoms with van der Waals surface area (Å²) in [7, 11) is 1.65. The van der Waals surface area contributed by atoms with Crippen LogP contribution in [0.5, 0.6) is 0 Å². The first-order chi connectivity index (χ1) is 10.1. The molecule has 0 aliphatic carbocycles. The first kappa shape index (κ1) is 15.9. The molecule has 1 aliphatic heterocycles. The maximum absolute atomic E-state index is 13.2. The zero-order chi connectivity index (χ0) is 15.2. The average molecular weight is 294 g/mol. The predicted molar refractivity (Wildman–Crippen MR) is 79.6 cm³/mol. The van der Waals surface area contributed by atoms with E-state index in [1.165, 1.54) is 6.07 Å². The van der Waals surface area contributed by atoms with E-state index in [2.05, 4.69) is 17.1 Å². The summed E-state index contributed by atoms with van der Waals surface area (Å²) in [5.41, 5.74) is 2.18. The largest absolute Gasteiger partial charge is 0.385 e. The van der Waals surface area contributed by atoms with Crippen LogP contribution in [0, 0.1) is 5.82 Å². The molecule has 1 amide bonds. The fourth-order valence-corrected chi connectivity index (χ4v) is 2.75. The van der Waals surface area contributed by atoms with Gasteiger partial charge in [-0.3, -0.25) is 9.69 Å². The summed E-state index contributed by atoms with van der Waals surface area (Å²) in [4.78, 5) is 14.1. The quantitative estimate of drug-likeness (QED) is 0.815. The molecule has 0 saturated heterocycles. The number of hydrogen-bond donors (Lipinski definition) is 1. The van der Waals surface area contributed by atoms with Crippen LogP contribution in [0.3, 0.4) is 0 Å². The summed E-state index contributed by atoms with van der Waals surface area (Å²) in [6, 6.07) is 5.06. The number of carbonyl (C=O) groups is 1. The number of carbonyl (C=O) groups excluding carboxylic acids is 1. The van der Waals surface area contributed by atoms with Crippen LogP contribution in [0.1, 0.15) is 30.5 Å². The van der Waals surface area contributed by atoms with Crippen LogP contribution >= 0.6 is 0 Å². The van der Waals surface area contributed by atoms with E-state index in [0.29, 0.717) is 19.7 Å². The van der Waals surface area contributed by atoms with Gasteiger partial charge in [-0.2, -0.15) is 0 Å². The minimum Gasteiger partial charge on any atom is -0.385 e. The van der Waals surface area contributed by atoms with Crippen LogP contribution in [-0.4, -0.2) is 44.2 Å². The fourth-order valence-electron chi connectivity index (χ4n) is 2.75. The number of hydrogen-bond acceptors (Lipinski definition) is 3. The van der Waals surface area contributed by atoms with Crippen LogP contribution in [0.2, 0.25) is 0 Å². The van der Waals surface area contributed by atoms with Gasteiger partial charge >= 0.3 is 0 Å². The molecule has 1 aromatic carbocycles. The SMILES string of the molecule is COCCCNC(=O)CN1CCc2cc(F)ccc2[C@H]1C. The van der Waals surface area contributed by atoms with Crippen molar-refractivity contribution in [1.82, 2.24) is 10.2 Å².